The van der Waals surface area contributed by atoms with E-state index in [1.807, 2.05) is 25.2 Å². The minimum atomic E-state index is -4.33. The van der Waals surface area contributed by atoms with Crippen molar-refractivity contribution in [3.8, 4) is 5.75 Å². The second-order valence-electron chi connectivity index (χ2n) is 6.09. The van der Waals surface area contributed by atoms with E-state index >= 15 is 0 Å². The highest BCUT2D eigenvalue weighted by atomic mass is 19.4. The van der Waals surface area contributed by atoms with Crippen LogP contribution in [0, 0.1) is 0 Å². The smallest absolute Gasteiger partial charge is 0.416 e. The van der Waals surface area contributed by atoms with Gasteiger partial charge < -0.3 is 10.1 Å². The maximum Gasteiger partial charge on any atom is 0.416 e. The third-order valence-corrected chi connectivity index (χ3v) is 4.53. The Labute approximate surface area is 139 Å². The highest BCUT2D eigenvalue weighted by molar-refractivity contribution is 5.34. The number of hydrogen-bond acceptors (Lipinski definition) is 2. The Morgan fingerprint density at radius 3 is 2.42 bits per heavy atom. The van der Waals surface area contributed by atoms with Gasteiger partial charge in [0.2, 0.25) is 0 Å². The molecule has 0 fully saturated rings. The van der Waals surface area contributed by atoms with E-state index in [1.165, 1.54) is 17.7 Å². The summed E-state index contributed by atoms with van der Waals surface area (Å²) in [6.45, 7) is 0. The van der Waals surface area contributed by atoms with Crippen LogP contribution in [0.2, 0.25) is 0 Å². The van der Waals surface area contributed by atoms with Gasteiger partial charge in [0.05, 0.1) is 5.56 Å². The predicted molar refractivity (Wildman–Crippen MR) is 87.0 cm³/mol. The van der Waals surface area contributed by atoms with Crippen LogP contribution in [0.25, 0.3) is 0 Å². The standard InChI is InChI=1S/C19H20F3NO/c1-23-15-9-6-13-4-2-3-5-17(13)18(12-15)24-16-10-7-14(8-11-16)19(20,21)22/h2-5,7-8,10-11,15,18,23H,6,9,12H2,1H3/t15-,18-/m0/s1. The first-order valence-corrected chi connectivity index (χ1v) is 8.06. The van der Waals surface area contributed by atoms with E-state index in [2.05, 4.69) is 11.4 Å². The van der Waals surface area contributed by atoms with Gasteiger partial charge in [-0.2, -0.15) is 13.2 Å². The summed E-state index contributed by atoms with van der Waals surface area (Å²) in [5.74, 6) is 0.458. The third kappa shape index (κ3) is 3.73. The quantitative estimate of drug-likeness (QED) is 0.817. The summed E-state index contributed by atoms with van der Waals surface area (Å²) in [6, 6.07) is 13.3. The molecule has 1 aliphatic rings. The molecule has 2 atom stereocenters. The van der Waals surface area contributed by atoms with E-state index in [4.69, 9.17) is 4.74 Å². The molecule has 24 heavy (non-hydrogen) atoms. The molecular weight excluding hydrogens is 315 g/mol. The molecule has 0 bridgehead atoms. The van der Waals surface area contributed by atoms with Gasteiger partial charge in [-0.15, -0.1) is 0 Å². The zero-order valence-corrected chi connectivity index (χ0v) is 13.4. The number of ether oxygens (including phenoxy) is 1. The van der Waals surface area contributed by atoms with Crippen molar-refractivity contribution in [2.24, 2.45) is 0 Å². The molecule has 3 rings (SSSR count). The molecule has 0 aliphatic heterocycles. The zero-order valence-electron chi connectivity index (χ0n) is 13.4. The predicted octanol–water partition coefficient (Wildman–Crippen LogP) is 4.75. The van der Waals surface area contributed by atoms with Crippen molar-refractivity contribution in [2.45, 2.75) is 37.6 Å². The lowest BCUT2D eigenvalue weighted by atomic mass is 10.0. The number of alkyl halides is 3. The van der Waals surface area contributed by atoms with Crippen LogP contribution in [0.15, 0.2) is 48.5 Å². The van der Waals surface area contributed by atoms with Crippen LogP contribution in [0.4, 0.5) is 13.2 Å². The molecule has 0 spiro atoms. The van der Waals surface area contributed by atoms with Crippen molar-refractivity contribution >= 4 is 0 Å². The Kier molecular flexibility index (Phi) is 4.81. The summed E-state index contributed by atoms with van der Waals surface area (Å²) in [5.41, 5.74) is 1.70. The molecule has 128 valence electrons. The van der Waals surface area contributed by atoms with E-state index in [0.717, 1.165) is 37.0 Å². The molecule has 2 aromatic carbocycles. The van der Waals surface area contributed by atoms with Crippen molar-refractivity contribution in [1.82, 2.24) is 5.32 Å². The Hall–Kier alpha value is -2.01. The fourth-order valence-corrected chi connectivity index (χ4v) is 3.17. The molecule has 5 heteroatoms. The molecular formula is C19H20F3NO. The average molecular weight is 335 g/mol. The number of aryl methyl sites for hydroxylation is 1. The molecule has 2 aromatic rings. The summed E-state index contributed by atoms with van der Waals surface area (Å²) in [4.78, 5) is 0. The fraction of sp³-hybridized carbons (Fsp3) is 0.368. The van der Waals surface area contributed by atoms with Crippen LogP contribution in [-0.2, 0) is 12.6 Å². The lowest BCUT2D eigenvalue weighted by Gasteiger charge is -2.23. The summed E-state index contributed by atoms with van der Waals surface area (Å²) in [5, 5.41) is 3.29. The summed E-state index contributed by atoms with van der Waals surface area (Å²) in [6.07, 6.45) is -1.73. The Morgan fingerprint density at radius 1 is 1.04 bits per heavy atom. The average Bonchev–Trinajstić information content (AvgIpc) is 2.74. The molecule has 0 saturated heterocycles. The first kappa shape index (κ1) is 16.8. The van der Waals surface area contributed by atoms with Crippen LogP contribution >= 0.6 is 0 Å². The minimum absolute atomic E-state index is 0.169. The summed E-state index contributed by atoms with van der Waals surface area (Å²) in [7, 11) is 1.93. The molecule has 0 amide bonds. The SMILES string of the molecule is CN[C@H]1CCc2ccccc2[C@@H](Oc2ccc(C(F)(F)F)cc2)C1. The van der Waals surface area contributed by atoms with Crippen LogP contribution in [-0.4, -0.2) is 13.1 Å². The molecule has 0 heterocycles. The summed E-state index contributed by atoms with van der Waals surface area (Å²) < 4.78 is 44.1. The first-order chi connectivity index (χ1) is 11.5. The normalized spacial score (nSPS) is 21.0. The van der Waals surface area contributed by atoms with E-state index in [9.17, 15) is 13.2 Å². The van der Waals surface area contributed by atoms with Crippen LogP contribution < -0.4 is 10.1 Å². The second kappa shape index (κ2) is 6.85. The van der Waals surface area contributed by atoms with Crippen LogP contribution in [0.1, 0.15) is 35.6 Å². The largest absolute Gasteiger partial charge is 0.486 e. The van der Waals surface area contributed by atoms with Crippen molar-refractivity contribution < 1.29 is 17.9 Å². The highest BCUT2D eigenvalue weighted by Crippen LogP contribution is 2.34. The fourth-order valence-electron chi connectivity index (χ4n) is 3.17. The second-order valence-corrected chi connectivity index (χ2v) is 6.09. The van der Waals surface area contributed by atoms with Gasteiger partial charge in [-0.25, -0.2) is 0 Å². The first-order valence-electron chi connectivity index (χ1n) is 8.06. The molecule has 2 nitrogen and oxygen atoms in total. The van der Waals surface area contributed by atoms with Crippen molar-refractivity contribution in [2.75, 3.05) is 7.05 Å². The molecule has 0 saturated carbocycles. The number of benzene rings is 2. The van der Waals surface area contributed by atoms with Crippen molar-refractivity contribution in [1.29, 1.82) is 0 Å². The molecule has 1 N–H and O–H groups in total. The molecule has 1 aliphatic carbocycles. The monoisotopic (exact) mass is 335 g/mol. The van der Waals surface area contributed by atoms with Crippen molar-refractivity contribution in [3.63, 3.8) is 0 Å². The van der Waals surface area contributed by atoms with Gasteiger partial charge >= 0.3 is 6.18 Å². The maximum absolute atomic E-state index is 12.7. The Morgan fingerprint density at radius 2 is 1.75 bits per heavy atom. The molecule has 0 unspecified atom stereocenters. The number of hydrogen-bond donors (Lipinski definition) is 1. The van der Waals surface area contributed by atoms with Gasteiger partial charge in [-0.05, 0) is 55.3 Å². The number of fused-ring (bicyclic) bond motifs is 1. The van der Waals surface area contributed by atoms with Gasteiger partial charge in [-0.3, -0.25) is 0 Å². The number of rotatable bonds is 3. The van der Waals surface area contributed by atoms with E-state index < -0.39 is 11.7 Å². The lowest BCUT2D eigenvalue weighted by molar-refractivity contribution is -0.137. The van der Waals surface area contributed by atoms with Gasteiger partial charge in [0.1, 0.15) is 11.9 Å². The topological polar surface area (TPSA) is 21.3 Å². The highest BCUT2D eigenvalue weighted by Gasteiger charge is 2.30. The number of halogens is 3. The lowest BCUT2D eigenvalue weighted by Crippen LogP contribution is -2.27. The summed E-state index contributed by atoms with van der Waals surface area (Å²) >= 11 is 0. The van der Waals surface area contributed by atoms with E-state index in [1.54, 1.807) is 0 Å². The van der Waals surface area contributed by atoms with Crippen LogP contribution in [0.3, 0.4) is 0 Å². The van der Waals surface area contributed by atoms with Gasteiger partial charge in [0, 0.05) is 12.5 Å². The number of nitrogens with one attached hydrogen (secondary N) is 1. The Bertz CT molecular complexity index is 682. The van der Waals surface area contributed by atoms with Gasteiger partial charge in [-0.1, -0.05) is 24.3 Å². The van der Waals surface area contributed by atoms with Crippen molar-refractivity contribution in [3.05, 3.63) is 65.2 Å². The molecule has 0 radical (unpaired) electrons. The van der Waals surface area contributed by atoms with E-state index in [-0.39, 0.29) is 6.10 Å². The van der Waals surface area contributed by atoms with E-state index in [0.29, 0.717) is 11.8 Å². The Balaban J connectivity index is 1.84. The molecule has 0 aromatic heterocycles. The van der Waals surface area contributed by atoms with Gasteiger partial charge in [0.15, 0.2) is 0 Å². The van der Waals surface area contributed by atoms with Gasteiger partial charge in [0.25, 0.3) is 0 Å². The maximum atomic E-state index is 12.7. The minimum Gasteiger partial charge on any atom is -0.486 e. The van der Waals surface area contributed by atoms with Crippen LogP contribution in [0.5, 0.6) is 5.75 Å². The third-order valence-electron chi connectivity index (χ3n) is 4.53. The zero-order chi connectivity index (χ0) is 17.2.